The van der Waals surface area contributed by atoms with E-state index < -0.39 is 102 Å². The van der Waals surface area contributed by atoms with E-state index in [2.05, 4.69) is 4.74 Å². The van der Waals surface area contributed by atoms with Crippen LogP contribution in [-0.4, -0.2) is 200 Å². The molecule has 21 atom stereocenters. The van der Waals surface area contributed by atoms with Crippen molar-refractivity contribution < 1.29 is 157 Å². The van der Waals surface area contributed by atoms with Gasteiger partial charge >= 0.3 is 95.7 Å². The molecule has 133 heavy (non-hydrogen) atoms. The largest absolute Gasteiger partial charge is 0.508 e. The molecule has 8 aliphatic heterocycles. The van der Waals surface area contributed by atoms with Crippen LogP contribution in [0.1, 0.15) is 331 Å². The van der Waals surface area contributed by atoms with Gasteiger partial charge in [-0.25, -0.2) is 9.59 Å². The maximum atomic E-state index is 12.2. The molecule has 0 aromatic rings. The molecule has 0 N–H and O–H groups in total. The summed E-state index contributed by atoms with van der Waals surface area (Å²) < 4.78 is 88.5. The molecule has 756 valence electrons. The molecule has 13 aliphatic rings. The predicted octanol–water partition coefficient (Wildman–Crippen LogP) is 15.6. The predicted molar refractivity (Wildman–Crippen MR) is 479 cm³/mol. The monoisotopic (exact) mass is 1890 g/mol. The van der Waals surface area contributed by atoms with Gasteiger partial charge in [-0.3, -0.25) is 67.1 Å². The second kappa shape index (κ2) is 44.2. The molecule has 21 unspecified atom stereocenters. The number of cyclic esters (lactones) is 7. The van der Waals surface area contributed by atoms with E-state index in [0.29, 0.717) is 75.4 Å². The molecular formula is C100H158O33. The molecule has 33 heteroatoms. The van der Waals surface area contributed by atoms with Gasteiger partial charge in [0.25, 0.3) is 0 Å². The summed E-state index contributed by atoms with van der Waals surface area (Å²) in [5, 5.41) is 0. The van der Waals surface area contributed by atoms with Gasteiger partial charge in [0.1, 0.15) is 69.2 Å². The Balaban J connectivity index is 0.000000234. The van der Waals surface area contributed by atoms with E-state index in [1.54, 1.807) is 41.5 Å². The van der Waals surface area contributed by atoms with Gasteiger partial charge in [0.05, 0.1) is 86.4 Å². The SMILES string of the molecule is CCC(C)(C)C(=O)OC1(C)C(C)OC(=O)C1C.CCC(C)(C)C(=O)OC1(C)CC(=O)OC1C.CCC(C)(C)C(=O)OC1(C)COC(=O)C1.CCC(C)(C)C(=O)OC1C(=O)OCC1(C)C.CCC(C)(C)C(=O)OC1C2CC3C(=O)OC1C3C2.CCC(C)(C)C(=O)OC1CC2CC1C1COC(=O)C21.CCC(C)(C)C(=O)OC1CCC2CC1OC2=O.CCC(C)(C)C(=O)OCC1COC(=O)O1. The molecule has 0 spiro atoms. The molecule has 13 fully saturated rings. The minimum Gasteiger partial charge on any atom is -0.465 e. The standard InChI is InChI=1S/C15H22O4.C14H20O4.C13H20O4.C13H22O4.2C12H20O4.C11H18O4.C10H16O5/c1-4-15(2,3)14(17)19-11-6-8-5-9(11)10-7-18-13(16)12(8)10;1-4-14(2,3)13(16)18-10-7-5-8-9(6-7)12(15)17-11(8)10;1-4-13(2,3)12(15)17-9-6-5-8-7-10(9)16-11(8)14;1-7-12(4,5)11(15)17-13(6)8(2)10(14)16-9(13)3;1-6-11(2,3)10(14)16-8-9(13)15-7-12(8,4)5;1-6-11(3,4)10(14)16-12(5)7-9(13)15-8(12)2;1-5-10(2,3)9(13)15-11(4)6-8(12)14-7-11;1-4-10(2,3)8(11)13-5-7-6-14-9(12)15-7/h8-12H,4-7H2,1-3H3;7-11H,4-6H2,1-3H3;8-10H,4-7H2,1-3H3;8-9H,7H2,1-6H3;2*8H,6-7H2,1-5H3;5-7H2,1-4H3;7H,4-6H2,1-3H3. The van der Waals surface area contributed by atoms with Gasteiger partial charge in [0, 0.05) is 35.5 Å². The molecule has 0 aromatic heterocycles. The quantitative estimate of drug-likeness (QED) is 0.0605. The van der Waals surface area contributed by atoms with Crippen LogP contribution in [-0.2, 0) is 152 Å². The van der Waals surface area contributed by atoms with Gasteiger partial charge in [-0.1, -0.05) is 69.2 Å². The summed E-state index contributed by atoms with van der Waals surface area (Å²) in [6, 6.07) is 0. The fourth-order valence-corrected chi connectivity index (χ4v) is 16.2. The number of ether oxygens (including phenoxy) is 17. The first-order valence-corrected chi connectivity index (χ1v) is 48.0. The molecule has 13 rings (SSSR count). The fourth-order valence-electron chi connectivity index (χ4n) is 16.2. The topological polar surface area (TPSA) is 430 Å². The average Bonchev–Trinajstić information content (AvgIpc) is 1.59. The molecule has 8 heterocycles. The Bertz CT molecular complexity index is 4200. The van der Waals surface area contributed by atoms with Gasteiger partial charge in [-0.05, 0) is 248 Å². The summed E-state index contributed by atoms with van der Waals surface area (Å²) in [5.74, 6) is -2.12. The normalized spacial score (nSPS) is 31.5. The Hall–Kier alpha value is -8.68. The third-order valence-electron chi connectivity index (χ3n) is 30.6. The Labute approximate surface area is 786 Å². The number of carbonyl (C=O) groups is 16. The minimum absolute atomic E-state index is 0.000856. The van der Waals surface area contributed by atoms with Crippen LogP contribution >= 0.6 is 0 Å². The first-order valence-electron chi connectivity index (χ1n) is 48.0. The van der Waals surface area contributed by atoms with E-state index in [0.717, 1.165) is 57.8 Å². The van der Waals surface area contributed by atoms with Crippen LogP contribution in [0.15, 0.2) is 0 Å². The summed E-state index contributed by atoms with van der Waals surface area (Å²) in [5.41, 5.74) is -6.83. The lowest BCUT2D eigenvalue weighted by molar-refractivity contribution is -0.177. The van der Waals surface area contributed by atoms with Crippen molar-refractivity contribution in [3.8, 4) is 0 Å². The Morgan fingerprint density at radius 3 is 1.32 bits per heavy atom. The third kappa shape index (κ3) is 27.6. The summed E-state index contributed by atoms with van der Waals surface area (Å²) in [6.45, 7) is 60.6. The van der Waals surface area contributed by atoms with E-state index in [-0.39, 0.29) is 177 Å². The van der Waals surface area contributed by atoms with Crippen molar-refractivity contribution >= 4 is 95.7 Å². The number of rotatable bonds is 25. The van der Waals surface area contributed by atoms with Gasteiger partial charge in [0.15, 0.2) is 22.9 Å². The molecular weight excluding hydrogens is 1730 g/mol. The van der Waals surface area contributed by atoms with Gasteiger partial charge in [-0.2, -0.15) is 0 Å². The van der Waals surface area contributed by atoms with Crippen molar-refractivity contribution in [1.82, 2.24) is 0 Å². The van der Waals surface area contributed by atoms with Gasteiger partial charge in [-0.15, -0.1) is 0 Å². The first-order chi connectivity index (χ1) is 61.1. The highest BCUT2D eigenvalue weighted by Gasteiger charge is 2.65. The van der Waals surface area contributed by atoms with Crippen molar-refractivity contribution in [2.45, 2.75) is 402 Å². The van der Waals surface area contributed by atoms with E-state index >= 15 is 0 Å². The van der Waals surface area contributed by atoms with Crippen molar-refractivity contribution in [3.63, 3.8) is 0 Å². The Morgan fingerprint density at radius 2 is 0.865 bits per heavy atom. The summed E-state index contributed by atoms with van der Waals surface area (Å²) in [7, 11) is 0. The highest BCUT2D eigenvalue weighted by molar-refractivity contribution is 5.85. The van der Waals surface area contributed by atoms with Crippen LogP contribution in [0.25, 0.3) is 0 Å². The highest BCUT2D eigenvalue weighted by atomic mass is 16.8. The molecule has 0 radical (unpaired) electrons. The van der Waals surface area contributed by atoms with Crippen LogP contribution in [0.5, 0.6) is 0 Å². The maximum absolute atomic E-state index is 12.2. The Kier molecular flexibility index (Phi) is 37.6. The second-order valence-corrected chi connectivity index (χ2v) is 44.6. The number of fused-ring (bicyclic) bond motifs is 8. The molecule has 5 aliphatic carbocycles. The van der Waals surface area contributed by atoms with E-state index in [4.69, 9.17) is 75.8 Å². The summed E-state index contributed by atoms with van der Waals surface area (Å²) in [6.07, 6.45) is 8.41. The molecule has 8 saturated heterocycles. The van der Waals surface area contributed by atoms with E-state index in [1.165, 1.54) is 0 Å². The van der Waals surface area contributed by atoms with Crippen molar-refractivity contribution in [2.24, 2.45) is 102 Å². The van der Waals surface area contributed by atoms with Crippen LogP contribution in [0.4, 0.5) is 4.79 Å². The zero-order valence-corrected chi connectivity index (χ0v) is 85.4. The highest BCUT2D eigenvalue weighted by Crippen LogP contribution is 2.58. The smallest absolute Gasteiger partial charge is 0.465 e. The van der Waals surface area contributed by atoms with Crippen molar-refractivity contribution in [3.05, 3.63) is 0 Å². The van der Waals surface area contributed by atoms with Gasteiger partial charge in [0.2, 0.25) is 6.10 Å². The van der Waals surface area contributed by atoms with E-state index in [1.807, 2.05) is 180 Å². The third-order valence-corrected chi connectivity index (χ3v) is 30.6. The van der Waals surface area contributed by atoms with Crippen LogP contribution in [0.3, 0.4) is 0 Å². The maximum Gasteiger partial charge on any atom is 0.508 e. The summed E-state index contributed by atoms with van der Waals surface area (Å²) >= 11 is 0. The zero-order chi connectivity index (χ0) is 101. The molecule has 33 nitrogen and oxygen atoms in total. The lowest BCUT2D eigenvalue weighted by Gasteiger charge is -2.33. The summed E-state index contributed by atoms with van der Waals surface area (Å²) in [4.78, 5) is 186. The lowest BCUT2D eigenvalue weighted by atomic mass is 9.79. The first kappa shape index (κ1) is 113. The fraction of sp³-hybridized carbons (Fsp3) is 0.840. The number of hydrogen-bond acceptors (Lipinski definition) is 33. The average molecular weight is 1890 g/mol. The molecule has 6 bridgehead atoms. The number of hydrogen-bond donors (Lipinski definition) is 0. The molecule has 5 saturated carbocycles. The number of carbonyl (C=O) groups excluding carboxylic acids is 16. The lowest BCUT2D eigenvalue weighted by Crippen LogP contribution is -2.46. The van der Waals surface area contributed by atoms with E-state index in [9.17, 15) is 76.7 Å². The van der Waals surface area contributed by atoms with Crippen LogP contribution < -0.4 is 0 Å². The Morgan fingerprint density at radius 1 is 0.383 bits per heavy atom. The minimum atomic E-state index is -0.861. The second-order valence-electron chi connectivity index (χ2n) is 44.6. The van der Waals surface area contributed by atoms with Crippen LogP contribution in [0, 0.1) is 102 Å². The van der Waals surface area contributed by atoms with Crippen molar-refractivity contribution in [1.29, 1.82) is 0 Å². The molecule has 0 aromatic carbocycles. The number of esters is 15. The van der Waals surface area contributed by atoms with Gasteiger partial charge < -0.3 is 80.5 Å². The molecule has 0 amide bonds. The van der Waals surface area contributed by atoms with Crippen molar-refractivity contribution in [2.75, 3.05) is 33.0 Å². The zero-order valence-electron chi connectivity index (χ0n) is 85.4. The van der Waals surface area contributed by atoms with Crippen LogP contribution in [0.2, 0.25) is 0 Å².